The third-order valence-electron chi connectivity index (χ3n) is 7.40. The number of rotatable bonds is 9. The summed E-state index contributed by atoms with van der Waals surface area (Å²) < 4.78 is 2.53. The molecule has 2 aromatic rings. The molecule has 3 nitrogen and oxygen atoms in total. The molecule has 5 heteroatoms. The van der Waals surface area contributed by atoms with Crippen molar-refractivity contribution in [1.29, 1.82) is 0 Å². The summed E-state index contributed by atoms with van der Waals surface area (Å²) in [6.45, 7) is 15.3. The Morgan fingerprint density at radius 2 is 1.75 bits per heavy atom. The molecule has 0 spiro atoms. The van der Waals surface area contributed by atoms with Crippen LogP contribution in [0.3, 0.4) is 0 Å². The molecular formula is C31H40ClN3S. The van der Waals surface area contributed by atoms with Gasteiger partial charge in [-0.05, 0) is 80.5 Å². The first-order valence-electron chi connectivity index (χ1n) is 13.4. The van der Waals surface area contributed by atoms with E-state index in [-0.39, 0.29) is 0 Å². The van der Waals surface area contributed by atoms with Crippen molar-refractivity contribution in [2.45, 2.75) is 63.8 Å². The van der Waals surface area contributed by atoms with E-state index in [0.717, 1.165) is 48.0 Å². The number of piperidine rings is 1. The molecule has 0 amide bonds. The van der Waals surface area contributed by atoms with Crippen LogP contribution in [0.4, 0.5) is 0 Å². The van der Waals surface area contributed by atoms with Crippen molar-refractivity contribution in [3.8, 4) is 0 Å². The first-order chi connectivity index (χ1) is 17.4. The molecular weight excluding hydrogens is 482 g/mol. The quantitative estimate of drug-likeness (QED) is 0.244. The van der Waals surface area contributed by atoms with E-state index in [1.807, 2.05) is 24.1 Å². The van der Waals surface area contributed by atoms with Gasteiger partial charge in [0.05, 0.1) is 0 Å². The second kappa shape index (κ2) is 13.1. The van der Waals surface area contributed by atoms with E-state index in [1.54, 1.807) is 0 Å². The summed E-state index contributed by atoms with van der Waals surface area (Å²) in [5, 5.41) is 0.760. The maximum Gasteiger partial charge on any atom is 0.0498 e. The third kappa shape index (κ3) is 7.13. The monoisotopic (exact) mass is 521 g/mol. The molecule has 0 radical (unpaired) electrons. The second-order valence-corrected chi connectivity index (χ2v) is 11.8. The van der Waals surface area contributed by atoms with Gasteiger partial charge < -0.3 is 0 Å². The maximum atomic E-state index is 6.12. The highest BCUT2D eigenvalue weighted by Crippen LogP contribution is 2.36. The van der Waals surface area contributed by atoms with Crippen molar-refractivity contribution in [2.75, 3.05) is 26.2 Å². The van der Waals surface area contributed by atoms with Crippen molar-refractivity contribution in [3.63, 3.8) is 0 Å². The summed E-state index contributed by atoms with van der Waals surface area (Å²) in [5.41, 5.74) is 5.95. The topological polar surface area (TPSA) is 18.8 Å². The van der Waals surface area contributed by atoms with Gasteiger partial charge in [0.2, 0.25) is 0 Å². The number of benzene rings is 2. The molecule has 0 aromatic heterocycles. The molecule has 2 aliphatic rings. The smallest absolute Gasteiger partial charge is 0.0498 e. The van der Waals surface area contributed by atoms with E-state index < -0.39 is 0 Å². The Kier molecular flexibility index (Phi) is 9.89. The van der Waals surface area contributed by atoms with Crippen LogP contribution in [0, 0.1) is 5.92 Å². The van der Waals surface area contributed by atoms with Crippen LogP contribution in [-0.4, -0.2) is 47.1 Å². The van der Waals surface area contributed by atoms with Crippen LogP contribution < -0.4 is 0 Å². The summed E-state index contributed by atoms with van der Waals surface area (Å²) in [7, 11) is 0. The van der Waals surface area contributed by atoms with E-state index in [4.69, 9.17) is 16.6 Å². The molecule has 0 aliphatic carbocycles. The van der Waals surface area contributed by atoms with Gasteiger partial charge in [-0.15, -0.1) is 0 Å². The zero-order valence-corrected chi connectivity index (χ0v) is 23.6. The highest BCUT2D eigenvalue weighted by molar-refractivity contribution is 7.97. The second-order valence-electron chi connectivity index (χ2n) is 10.2. The predicted molar refractivity (Wildman–Crippen MR) is 157 cm³/mol. The van der Waals surface area contributed by atoms with Crippen LogP contribution in [-0.2, 0) is 0 Å². The van der Waals surface area contributed by atoms with Crippen molar-refractivity contribution in [3.05, 3.63) is 88.6 Å². The standard InChI is InChI=1S/C31H40ClN3S/c1-5-6-10-26-21-34(28-17-19-35(20-18-28)36-29-11-8-7-9-12-29)22-30(23(2)3)31(26)33-24(4)25-13-15-27(32)16-14-25/h7-9,11-16,26,28H,2,5-6,10,17-22H2,1,3-4H3/b33-24+. The highest BCUT2D eigenvalue weighted by Gasteiger charge is 2.33. The lowest BCUT2D eigenvalue weighted by Gasteiger charge is -2.43. The van der Waals surface area contributed by atoms with Gasteiger partial charge in [0.1, 0.15) is 0 Å². The maximum absolute atomic E-state index is 6.12. The largest absolute Gasteiger partial charge is 0.295 e. The lowest BCUT2D eigenvalue weighted by atomic mass is 9.86. The van der Waals surface area contributed by atoms with Crippen LogP contribution in [0.5, 0.6) is 0 Å². The summed E-state index contributed by atoms with van der Waals surface area (Å²) in [6, 6.07) is 19.4. The van der Waals surface area contributed by atoms with Crippen molar-refractivity contribution in [1.82, 2.24) is 9.21 Å². The zero-order chi connectivity index (χ0) is 25.5. The van der Waals surface area contributed by atoms with Crippen molar-refractivity contribution >= 4 is 29.3 Å². The van der Waals surface area contributed by atoms with Gasteiger partial charge in [0.15, 0.2) is 0 Å². The van der Waals surface area contributed by atoms with Crippen LogP contribution in [0.1, 0.15) is 58.4 Å². The van der Waals surface area contributed by atoms with Crippen LogP contribution in [0.15, 0.2) is 87.9 Å². The minimum absolute atomic E-state index is 0.448. The lowest BCUT2D eigenvalue weighted by Crippen LogP contribution is -2.48. The Balaban J connectivity index is 1.51. The Hall–Kier alpha value is -1.85. The van der Waals surface area contributed by atoms with Gasteiger partial charge in [-0.2, -0.15) is 0 Å². The Labute approximate surface area is 227 Å². The predicted octanol–water partition coefficient (Wildman–Crippen LogP) is 8.27. The molecule has 36 heavy (non-hydrogen) atoms. The first-order valence-corrected chi connectivity index (χ1v) is 14.5. The number of hydrogen-bond donors (Lipinski definition) is 0. The minimum Gasteiger partial charge on any atom is -0.295 e. The normalized spacial score (nSPS) is 20.7. The summed E-state index contributed by atoms with van der Waals surface area (Å²) in [5.74, 6) is 0.448. The number of aliphatic imine (C=N–C) groups is 1. The van der Waals surface area contributed by atoms with E-state index in [2.05, 4.69) is 79.0 Å². The van der Waals surface area contributed by atoms with Crippen LogP contribution in [0.25, 0.3) is 0 Å². The fraction of sp³-hybridized carbons (Fsp3) is 0.452. The first kappa shape index (κ1) is 27.2. The summed E-state index contributed by atoms with van der Waals surface area (Å²) in [6.07, 6.45) is 6.05. The highest BCUT2D eigenvalue weighted by atomic mass is 35.5. The molecule has 192 valence electrons. The average molecular weight is 522 g/mol. The number of hydrogen-bond acceptors (Lipinski definition) is 4. The van der Waals surface area contributed by atoms with E-state index in [0.29, 0.717) is 12.0 Å². The van der Waals surface area contributed by atoms with Gasteiger partial charge >= 0.3 is 0 Å². The Morgan fingerprint density at radius 1 is 1.06 bits per heavy atom. The van der Waals surface area contributed by atoms with E-state index in [1.165, 1.54) is 48.3 Å². The van der Waals surface area contributed by atoms with Crippen molar-refractivity contribution < 1.29 is 0 Å². The van der Waals surface area contributed by atoms with Crippen LogP contribution in [0.2, 0.25) is 5.02 Å². The molecule has 0 saturated carbocycles. The SMILES string of the molecule is C=C(C)C1=C(/N=C(\C)c2ccc(Cl)cc2)C(CCCC)CN(C2CCN(Sc3ccccc3)CC2)C1. The molecule has 1 unspecified atom stereocenters. The average Bonchev–Trinajstić information content (AvgIpc) is 2.89. The molecule has 0 N–H and O–H groups in total. The summed E-state index contributed by atoms with van der Waals surface area (Å²) >= 11 is 8.02. The molecule has 2 heterocycles. The molecule has 2 aliphatic heterocycles. The van der Waals surface area contributed by atoms with E-state index in [9.17, 15) is 0 Å². The lowest BCUT2D eigenvalue weighted by molar-refractivity contribution is 0.127. The van der Waals surface area contributed by atoms with Gasteiger partial charge in [-0.25, -0.2) is 4.31 Å². The molecule has 1 saturated heterocycles. The fourth-order valence-electron chi connectivity index (χ4n) is 5.30. The van der Waals surface area contributed by atoms with Gasteiger partial charge in [0, 0.05) is 59.5 Å². The van der Waals surface area contributed by atoms with Crippen molar-refractivity contribution in [2.24, 2.45) is 10.9 Å². The number of nitrogens with zero attached hydrogens (tertiary/aromatic N) is 3. The number of unbranched alkanes of at least 4 members (excludes halogenated alkanes) is 1. The molecule has 4 rings (SSSR count). The molecule has 1 fully saturated rings. The third-order valence-corrected chi connectivity index (χ3v) is 8.76. The fourth-order valence-corrected chi connectivity index (χ4v) is 6.40. The van der Waals surface area contributed by atoms with Crippen LogP contribution >= 0.6 is 23.5 Å². The minimum atomic E-state index is 0.448. The summed E-state index contributed by atoms with van der Waals surface area (Å²) in [4.78, 5) is 9.34. The van der Waals surface area contributed by atoms with E-state index >= 15 is 0 Å². The molecule has 0 bridgehead atoms. The molecule has 2 aromatic carbocycles. The van der Waals surface area contributed by atoms with Gasteiger partial charge in [0.25, 0.3) is 0 Å². The molecule has 1 atom stereocenters. The Morgan fingerprint density at radius 3 is 2.39 bits per heavy atom. The zero-order valence-electron chi connectivity index (χ0n) is 22.0. The Bertz CT molecular complexity index is 1070. The number of halogens is 1. The van der Waals surface area contributed by atoms with Gasteiger partial charge in [-0.1, -0.05) is 73.9 Å². The van der Waals surface area contributed by atoms with Gasteiger partial charge in [-0.3, -0.25) is 9.89 Å².